The summed E-state index contributed by atoms with van der Waals surface area (Å²) in [6.45, 7) is 4.44. The first-order valence-corrected chi connectivity index (χ1v) is 10.5. The quantitative estimate of drug-likeness (QED) is 0.644. The Morgan fingerprint density at radius 1 is 1.03 bits per heavy atom. The predicted molar refractivity (Wildman–Crippen MR) is 113 cm³/mol. The molecule has 29 heavy (non-hydrogen) atoms. The predicted octanol–water partition coefficient (Wildman–Crippen LogP) is 4.22. The number of nitrogens with zero attached hydrogens (tertiary/aromatic N) is 1. The van der Waals surface area contributed by atoms with E-state index in [1.165, 1.54) is 0 Å². The molecule has 2 aromatic carbocycles. The van der Waals surface area contributed by atoms with E-state index in [4.69, 9.17) is 9.47 Å². The van der Waals surface area contributed by atoms with Crippen LogP contribution in [0.5, 0.6) is 11.5 Å². The van der Waals surface area contributed by atoms with Gasteiger partial charge in [-0.1, -0.05) is 42.5 Å². The Bertz CT molecular complexity index is 756. The van der Waals surface area contributed by atoms with E-state index in [0.29, 0.717) is 39.1 Å². The molecular weight excluding hydrogens is 366 g/mol. The number of aliphatic hydroxyl groups is 1. The van der Waals surface area contributed by atoms with Gasteiger partial charge >= 0.3 is 0 Å². The molecule has 1 aliphatic heterocycles. The number of carbonyl (C=O) groups excluding carboxylic acids is 1. The average Bonchev–Trinajstić information content (AvgIpc) is 2.78. The summed E-state index contributed by atoms with van der Waals surface area (Å²) in [6, 6.07) is 17.4. The van der Waals surface area contributed by atoms with E-state index in [-0.39, 0.29) is 11.8 Å². The molecule has 0 spiro atoms. The van der Waals surface area contributed by atoms with Gasteiger partial charge in [-0.05, 0) is 49.8 Å². The molecule has 1 amide bonds. The Balaban J connectivity index is 1.38. The highest BCUT2D eigenvalue weighted by atomic mass is 16.5. The molecule has 1 aliphatic rings. The third kappa shape index (κ3) is 5.97. The molecule has 1 unspecified atom stereocenters. The van der Waals surface area contributed by atoms with Gasteiger partial charge in [-0.3, -0.25) is 4.79 Å². The van der Waals surface area contributed by atoms with E-state index in [9.17, 15) is 9.90 Å². The van der Waals surface area contributed by atoms with Crippen LogP contribution in [0, 0.1) is 5.92 Å². The smallest absolute Gasteiger partial charge is 0.222 e. The van der Waals surface area contributed by atoms with Gasteiger partial charge in [0.1, 0.15) is 0 Å². The third-order valence-corrected chi connectivity index (χ3v) is 5.42. The van der Waals surface area contributed by atoms with E-state index in [1.54, 1.807) is 0 Å². The number of ether oxygens (including phenoxy) is 2. The van der Waals surface area contributed by atoms with Gasteiger partial charge in [0.05, 0.1) is 19.3 Å². The van der Waals surface area contributed by atoms with Crippen molar-refractivity contribution in [1.29, 1.82) is 0 Å². The molecule has 5 nitrogen and oxygen atoms in total. The van der Waals surface area contributed by atoms with Gasteiger partial charge in [0.15, 0.2) is 11.5 Å². The van der Waals surface area contributed by atoms with Crippen LogP contribution in [0.3, 0.4) is 0 Å². The number of hydrogen-bond acceptors (Lipinski definition) is 4. The fourth-order valence-electron chi connectivity index (χ4n) is 3.79. The number of para-hydroxylation sites is 2. The zero-order valence-corrected chi connectivity index (χ0v) is 17.1. The van der Waals surface area contributed by atoms with Crippen LogP contribution in [0.15, 0.2) is 54.6 Å². The Morgan fingerprint density at radius 3 is 2.31 bits per heavy atom. The molecule has 0 bridgehead atoms. The SMILES string of the molecule is CCOc1ccccc1OCCCC(=O)N1CCC(C(O)c2ccccc2)CC1. The van der Waals surface area contributed by atoms with Crippen molar-refractivity contribution in [2.24, 2.45) is 5.92 Å². The lowest BCUT2D eigenvalue weighted by molar-refractivity contribution is -0.133. The van der Waals surface area contributed by atoms with Gasteiger partial charge in [0.25, 0.3) is 0 Å². The molecule has 1 heterocycles. The molecule has 1 fully saturated rings. The molecule has 2 aromatic rings. The number of benzene rings is 2. The minimum absolute atomic E-state index is 0.166. The van der Waals surface area contributed by atoms with E-state index < -0.39 is 6.10 Å². The van der Waals surface area contributed by atoms with Crippen LogP contribution in [0.25, 0.3) is 0 Å². The summed E-state index contributed by atoms with van der Waals surface area (Å²) in [5.41, 5.74) is 0.960. The van der Waals surface area contributed by atoms with Gasteiger partial charge in [-0.15, -0.1) is 0 Å². The van der Waals surface area contributed by atoms with Gasteiger partial charge in [0, 0.05) is 19.5 Å². The molecule has 1 saturated heterocycles. The topological polar surface area (TPSA) is 59.0 Å². The number of amides is 1. The number of piperidine rings is 1. The Kier molecular flexibility index (Phi) is 7.94. The zero-order valence-electron chi connectivity index (χ0n) is 17.1. The first-order valence-electron chi connectivity index (χ1n) is 10.5. The Labute approximate surface area is 173 Å². The highest BCUT2D eigenvalue weighted by Gasteiger charge is 2.27. The Morgan fingerprint density at radius 2 is 1.66 bits per heavy atom. The molecule has 0 aromatic heterocycles. The summed E-state index contributed by atoms with van der Waals surface area (Å²) in [4.78, 5) is 14.4. The summed E-state index contributed by atoms with van der Waals surface area (Å²) in [5, 5.41) is 10.6. The maximum absolute atomic E-state index is 12.5. The lowest BCUT2D eigenvalue weighted by Crippen LogP contribution is -2.39. The van der Waals surface area contributed by atoms with Crippen LogP contribution in [-0.4, -0.2) is 42.2 Å². The lowest BCUT2D eigenvalue weighted by atomic mass is 9.87. The fourth-order valence-corrected chi connectivity index (χ4v) is 3.79. The second-order valence-corrected chi connectivity index (χ2v) is 7.41. The summed E-state index contributed by atoms with van der Waals surface area (Å²) >= 11 is 0. The van der Waals surface area contributed by atoms with E-state index in [2.05, 4.69) is 0 Å². The number of aliphatic hydroxyl groups excluding tert-OH is 1. The molecule has 0 aliphatic carbocycles. The van der Waals surface area contributed by atoms with Gasteiger partial charge in [0.2, 0.25) is 5.91 Å². The molecule has 1 atom stereocenters. The Hall–Kier alpha value is -2.53. The minimum atomic E-state index is -0.452. The lowest BCUT2D eigenvalue weighted by Gasteiger charge is -2.34. The number of carbonyl (C=O) groups is 1. The van der Waals surface area contributed by atoms with Crippen molar-refractivity contribution in [2.45, 2.75) is 38.7 Å². The van der Waals surface area contributed by atoms with Crippen molar-refractivity contribution < 1.29 is 19.4 Å². The van der Waals surface area contributed by atoms with Crippen LogP contribution < -0.4 is 9.47 Å². The standard InChI is InChI=1S/C24H31NO4/c1-2-28-21-11-6-7-12-22(21)29-18-8-13-23(26)25-16-14-20(15-17-25)24(27)19-9-4-3-5-10-19/h3-7,9-12,20,24,27H,2,8,13-18H2,1H3. The summed E-state index contributed by atoms with van der Waals surface area (Å²) in [5.74, 6) is 1.83. The van der Waals surface area contributed by atoms with Gasteiger partial charge in [-0.2, -0.15) is 0 Å². The molecule has 5 heteroatoms. The van der Waals surface area contributed by atoms with Crippen molar-refractivity contribution >= 4 is 5.91 Å². The van der Waals surface area contributed by atoms with Crippen LogP contribution >= 0.6 is 0 Å². The second kappa shape index (κ2) is 10.9. The van der Waals surface area contributed by atoms with Crippen molar-refractivity contribution in [3.63, 3.8) is 0 Å². The highest BCUT2D eigenvalue weighted by Crippen LogP contribution is 2.31. The van der Waals surface area contributed by atoms with E-state index in [1.807, 2.05) is 66.4 Å². The van der Waals surface area contributed by atoms with Crippen molar-refractivity contribution in [3.8, 4) is 11.5 Å². The number of likely N-dealkylation sites (tertiary alicyclic amines) is 1. The average molecular weight is 398 g/mol. The van der Waals surface area contributed by atoms with Crippen LogP contribution in [0.4, 0.5) is 0 Å². The molecule has 0 saturated carbocycles. The third-order valence-electron chi connectivity index (χ3n) is 5.42. The molecule has 0 radical (unpaired) electrons. The number of hydrogen-bond donors (Lipinski definition) is 1. The molecule has 156 valence electrons. The van der Waals surface area contributed by atoms with E-state index >= 15 is 0 Å². The maximum atomic E-state index is 12.5. The first kappa shape index (κ1) is 21.2. The zero-order chi connectivity index (χ0) is 20.5. The largest absolute Gasteiger partial charge is 0.490 e. The van der Waals surface area contributed by atoms with Crippen molar-refractivity contribution in [3.05, 3.63) is 60.2 Å². The van der Waals surface area contributed by atoms with Crippen molar-refractivity contribution in [1.82, 2.24) is 4.90 Å². The molecular formula is C24H31NO4. The fraction of sp³-hybridized carbons (Fsp3) is 0.458. The second-order valence-electron chi connectivity index (χ2n) is 7.41. The van der Waals surface area contributed by atoms with Crippen LogP contribution in [0.1, 0.15) is 44.3 Å². The van der Waals surface area contributed by atoms with Gasteiger partial charge in [-0.25, -0.2) is 0 Å². The monoisotopic (exact) mass is 397 g/mol. The van der Waals surface area contributed by atoms with Crippen molar-refractivity contribution in [2.75, 3.05) is 26.3 Å². The minimum Gasteiger partial charge on any atom is -0.490 e. The van der Waals surface area contributed by atoms with Gasteiger partial charge < -0.3 is 19.5 Å². The summed E-state index contributed by atoms with van der Waals surface area (Å²) in [7, 11) is 0. The summed E-state index contributed by atoms with van der Waals surface area (Å²) in [6.07, 6.45) is 2.36. The van der Waals surface area contributed by atoms with E-state index in [0.717, 1.165) is 29.9 Å². The first-order chi connectivity index (χ1) is 14.2. The van der Waals surface area contributed by atoms with Crippen LogP contribution in [0.2, 0.25) is 0 Å². The normalized spacial score (nSPS) is 15.7. The maximum Gasteiger partial charge on any atom is 0.222 e. The van der Waals surface area contributed by atoms with Crippen LogP contribution in [-0.2, 0) is 4.79 Å². The summed E-state index contributed by atoms with van der Waals surface area (Å²) < 4.78 is 11.3. The molecule has 1 N–H and O–H groups in total. The molecule has 3 rings (SSSR count). The number of rotatable bonds is 9. The highest BCUT2D eigenvalue weighted by molar-refractivity contribution is 5.76.